The summed E-state index contributed by atoms with van der Waals surface area (Å²) in [5, 5.41) is 9.63. The van der Waals surface area contributed by atoms with E-state index in [2.05, 4.69) is 5.10 Å². The van der Waals surface area contributed by atoms with Gasteiger partial charge in [0.05, 0.1) is 24.6 Å². The highest BCUT2D eigenvalue weighted by Gasteiger charge is 2.40. The molecule has 2 fully saturated rings. The molecule has 3 aromatic heterocycles. The van der Waals surface area contributed by atoms with Crippen LogP contribution in [-0.2, 0) is 20.8 Å². The molecule has 6 rings (SSSR count). The second kappa shape index (κ2) is 8.47. The van der Waals surface area contributed by atoms with E-state index >= 15 is 0 Å². The molecule has 0 radical (unpaired) electrons. The normalized spacial score (nSPS) is 17.5. The molecule has 0 saturated carbocycles. The third-order valence-corrected chi connectivity index (χ3v) is 6.75. The standard InChI is InChI=1S/C25H26N6O4/c1-18-22-21(23(29-11-5-6-12-29)31(27-22)19-7-3-2-4-8-19)24(33)30(26-18)17-20(32)28-13-9-25(10-14-28)34-15-16-35-25/h2-8,11-12H,9-10,13-17H2,1H3. The number of carbonyl (C=O) groups is 1. The summed E-state index contributed by atoms with van der Waals surface area (Å²) >= 11 is 0. The molecule has 1 spiro atoms. The van der Waals surface area contributed by atoms with Gasteiger partial charge in [0.1, 0.15) is 17.4 Å². The molecule has 0 unspecified atom stereocenters. The van der Waals surface area contributed by atoms with E-state index < -0.39 is 5.79 Å². The quantitative estimate of drug-likeness (QED) is 0.449. The van der Waals surface area contributed by atoms with E-state index in [4.69, 9.17) is 14.6 Å². The van der Waals surface area contributed by atoms with E-state index in [1.54, 1.807) is 9.58 Å². The highest BCUT2D eigenvalue weighted by Crippen LogP contribution is 2.31. The second-order valence-electron chi connectivity index (χ2n) is 8.92. The van der Waals surface area contributed by atoms with Crippen molar-refractivity contribution in [1.82, 2.24) is 29.0 Å². The van der Waals surface area contributed by atoms with Crippen LogP contribution in [0.15, 0.2) is 59.7 Å². The number of nitrogens with zero attached hydrogens (tertiary/aromatic N) is 6. The van der Waals surface area contributed by atoms with E-state index in [1.165, 1.54) is 4.68 Å². The van der Waals surface area contributed by atoms with Crippen LogP contribution < -0.4 is 5.56 Å². The number of hydrogen-bond acceptors (Lipinski definition) is 6. The smallest absolute Gasteiger partial charge is 0.280 e. The van der Waals surface area contributed by atoms with Gasteiger partial charge in [0.2, 0.25) is 5.91 Å². The Hall–Kier alpha value is -3.76. The molecule has 180 valence electrons. The van der Waals surface area contributed by atoms with Gasteiger partial charge in [0, 0.05) is 38.3 Å². The highest BCUT2D eigenvalue weighted by atomic mass is 16.7. The minimum atomic E-state index is -0.556. The Morgan fingerprint density at radius 3 is 2.37 bits per heavy atom. The van der Waals surface area contributed by atoms with Crippen molar-refractivity contribution < 1.29 is 14.3 Å². The first-order chi connectivity index (χ1) is 17.0. The monoisotopic (exact) mass is 474 g/mol. The summed E-state index contributed by atoms with van der Waals surface area (Å²) in [6.45, 7) is 3.90. The number of aryl methyl sites for hydroxylation is 1. The number of fused-ring (bicyclic) bond motifs is 1. The number of aromatic nitrogens is 5. The summed E-state index contributed by atoms with van der Waals surface area (Å²) < 4.78 is 16.4. The lowest BCUT2D eigenvalue weighted by molar-refractivity contribution is -0.187. The number of piperidine rings is 1. The number of para-hydroxylation sites is 1. The summed E-state index contributed by atoms with van der Waals surface area (Å²) in [4.78, 5) is 28.6. The number of carbonyl (C=O) groups excluding carboxylic acids is 1. The summed E-state index contributed by atoms with van der Waals surface area (Å²) in [5.74, 6) is -0.0912. The van der Waals surface area contributed by atoms with Crippen molar-refractivity contribution in [2.75, 3.05) is 26.3 Å². The van der Waals surface area contributed by atoms with E-state index in [-0.39, 0.29) is 18.0 Å². The number of ether oxygens (including phenoxy) is 2. The maximum Gasteiger partial charge on any atom is 0.280 e. The topological polar surface area (TPSA) is 96.4 Å². The van der Waals surface area contributed by atoms with E-state index in [0.29, 0.717) is 61.6 Å². The molecule has 2 aliphatic rings. The average Bonchev–Trinajstić information content (AvgIpc) is 3.63. The second-order valence-corrected chi connectivity index (χ2v) is 8.92. The first kappa shape index (κ1) is 21.8. The average molecular weight is 475 g/mol. The Morgan fingerprint density at radius 1 is 1.00 bits per heavy atom. The summed E-state index contributed by atoms with van der Waals surface area (Å²) in [6, 6.07) is 13.4. The molecule has 0 bridgehead atoms. The molecule has 10 nitrogen and oxygen atoms in total. The van der Waals surface area contributed by atoms with Crippen LogP contribution in [0, 0.1) is 6.92 Å². The summed E-state index contributed by atoms with van der Waals surface area (Å²) in [6.07, 6.45) is 5.00. The van der Waals surface area contributed by atoms with Crippen molar-refractivity contribution in [3.63, 3.8) is 0 Å². The predicted octanol–water partition coefficient (Wildman–Crippen LogP) is 2.05. The van der Waals surface area contributed by atoms with Crippen LogP contribution in [0.2, 0.25) is 0 Å². The molecule has 1 aromatic carbocycles. The predicted molar refractivity (Wildman–Crippen MR) is 128 cm³/mol. The molecule has 5 heterocycles. The number of benzene rings is 1. The number of rotatable bonds is 4. The molecule has 0 N–H and O–H groups in total. The van der Waals surface area contributed by atoms with Crippen LogP contribution in [0.3, 0.4) is 0 Å². The Labute approximate surface area is 201 Å². The molecule has 2 saturated heterocycles. The lowest BCUT2D eigenvalue weighted by Gasteiger charge is -2.37. The van der Waals surface area contributed by atoms with Gasteiger partial charge in [-0.3, -0.25) is 9.59 Å². The number of amides is 1. The van der Waals surface area contributed by atoms with Gasteiger partial charge >= 0.3 is 0 Å². The van der Waals surface area contributed by atoms with Crippen molar-refractivity contribution in [2.24, 2.45) is 0 Å². The Balaban J connectivity index is 1.37. The van der Waals surface area contributed by atoms with E-state index in [0.717, 1.165) is 5.69 Å². The summed E-state index contributed by atoms with van der Waals surface area (Å²) in [5.41, 5.74) is 1.58. The fraction of sp³-hybridized carbons (Fsp3) is 0.360. The van der Waals surface area contributed by atoms with Crippen LogP contribution in [0.1, 0.15) is 18.5 Å². The van der Waals surface area contributed by atoms with Gasteiger partial charge < -0.3 is 18.9 Å². The van der Waals surface area contributed by atoms with Gasteiger partial charge in [-0.1, -0.05) is 18.2 Å². The van der Waals surface area contributed by atoms with Crippen LogP contribution in [-0.4, -0.2) is 67.0 Å². The fourth-order valence-electron chi connectivity index (χ4n) is 4.94. The van der Waals surface area contributed by atoms with Crippen LogP contribution in [0.5, 0.6) is 0 Å². The fourth-order valence-corrected chi connectivity index (χ4v) is 4.94. The number of hydrogen-bond donors (Lipinski definition) is 0. The van der Waals surface area contributed by atoms with Gasteiger partial charge in [0.25, 0.3) is 5.56 Å². The minimum Gasteiger partial charge on any atom is -0.347 e. The molecule has 0 aliphatic carbocycles. The molecule has 0 atom stereocenters. The lowest BCUT2D eigenvalue weighted by Crippen LogP contribution is -2.48. The zero-order valence-corrected chi connectivity index (χ0v) is 19.5. The SMILES string of the molecule is Cc1nn(CC(=O)N2CCC3(CC2)OCCO3)c(=O)c2c(-n3cccc3)n(-c3ccccc3)nc12. The molecular formula is C25H26N6O4. The zero-order chi connectivity index (χ0) is 24.0. The molecule has 2 aliphatic heterocycles. The third-order valence-electron chi connectivity index (χ3n) is 6.75. The molecule has 1 amide bonds. The first-order valence-corrected chi connectivity index (χ1v) is 11.8. The van der Waals surface area contributed by atoms with Crippen molar-refractivity contribution in [2.45, 2.75) is 32.1 Å². The molecule has 10 heteroatoms. The minimum absolute atomic E-state index is 0.133. The van der Waals surface area contributed by atoms with Crippen molar-refractivity contribution in [3.05, 3.63) is 70.9 Å². The van der Waals surface area contributed by atoms with E-state index in [9.17, 15) is 9.59 Å². The highest BCUT2D eigenvalue weighted by molar-refractivity contribution is 5.88. The van der Waals surface area contributed by atoms with Crippen molar-refractivity contribution in [3.8, 4) is 11.5 Å². The van der Waals surface area contributed by atoms with Gasteiger partial charge in [-0.05, 0) is 31.2 Å². The molecule has 4 aromatic rings. The van der Waals surface area contributed by atoms with Gasteiger partial charge in [-0.2, -0.15) is 10.2 Å². The Bertz CT molecular complexity index is 1420. The molecule has 35 heavy (non-hydrogen) atoms. The third kappa shape index (κ3) is 3.75. The maximum absolute atomic E-state index is 13.7. The van der Waals surface area contributed by atoms with Crippen LogP contribution >= 0.6 is 0 Å². The van der Waals surface area contributed by atoms with Gasteiger partial charge in [-0.25, -0.2) is 9.36 Å². The summed E-state index contributed by atoms with van der Waals surface area (Å²) in [7, 11) is 0. The lowest BCUT2D eigenvalue weighted by atomic mass is 10.0. The van der Waals surface area contributed by atoms with Crippen molar-refractivity contribution in [1.29, 1.82) is 0 Å². The first-order valence-electron chi connectivity index (χ1n) is 11.8. The van der Waals surface area contributed by atoms with Crippen molar-refractivity contribution >= 4 is 16.8 Å². The Morgan fingerprint density at radius 2 is 1.69 bits per heavy atom. The van der Waals surface area contributed by atoms with Gasteiger partial charge in [0.15, 0.2) is 11.6 Å². The van der Waals surface area contributed by atoms with Crippen LogP contribution in [0.4, 0.5) is 0 Å². The largest absolute Gasteiger partial charge is 0.347 e. The van der Waals surface area contributed by atoms with Crippen LogP contribution in [0.25, 0.3) is 22.4 Å². The maximum atomic E-state index is 13.7. The molecular weight excluding hydrogens is 448 g/mol. The zero-order valence-electron chi connectivity index (χ0n) is 19.5. The van der Waals surface area contributed by atoms with E-state index in [1.807, 2.05) is 66.3 Å². The Kier molecular flexibility index (Phi) is 5.27. The van der Waals surface area contributed by atoms with Gasteiger partial charge in [-0.15, -0.1) is 0 Å². The number of likely N-dealkylation sites (tertiary alicyclic amines) is 1.